The highest BCUT2D eigenvalue weighted by atomic mass is 32.1. The molecule has 1 amide bonds. The van der Waals surface area contributed by atoms with E-state index in [1.54, 1.807) is 19.1 Å². The molecule has 0 bridgehead atoms. The highest BCUT2D eigenvalue weighted by molar-refractivity contribution is 7.22. The zero-order valence-corrected chi connectivity index (χ0v) is 17.8. The number of nitrogens with zero attached hydrogens (tertiary/aromatic N) is 6. The number of aryl methyl sites for hydroxylation is 1. The van der Waals surface area contributed by atoms with E-state index in [0.29, 0.717) is 41.1 Å². The molecule has 1 aromatic carbocycles. The SMILES string of the molecule is COc1ccc(OC)c2sc(N(CCN(C)C)C(=O)c3nnc4n3CCC4)nc12. The molecule has 0 saturated carbocycles. The number of anilines is 1. The maximum absolute atomic E-state index is 13.5. The molecule has 0 aliphatic carbocycles. The first-order valence-electron chi connectivity index (χ1n) is 9.43. The third-order valence-corrected chi connectivity index (χ3v) is 6.04. The molecular weight excluding hydrogens is 392 g/mol. The molecule has 1 aliphatic rings. The molecule has 0 saturated heterocycles. The molecule has 0 unspecified atom stereocenters. The molecule has 0 spiro atoms. The summed E-state index contributed by atoms with van der Waals surface area (Å²) in [6.45, 7) is 1.95. The molecule has 1 aliphatic heterocycles. The summed E-state index contributed by atoms with van der Waals surface area (Å²) in [5, 5.41) is 8.94. The predicted octanol–water partition coefficient (Wildman–Crippen LogP) is 2.06. The van der Waals surface area contributed by atoms with E-state index in [1.165, 1.54) is 11.3 Å². The van der Waals surface area contributed by atoms with Gasteiger partial charge >= 0.3 is 0 Å². The Balaban J connectivity index is 1.78. The molecule has 10 heteroatoms. The summed E-state index contributed by atoms with van der Waals surface area (Å²) in [6, 6.07) is 3.67. The second-order valence-corrected chi connectivity index (χ2v) is 8.08. The largest absolute Gasteiger partial charge is 0.495 e. The predicted molar refractivity (Wildman–Crippen MR) is 111 cm³/mol. The summed E-state index contributed by atoms with van der Waals surface area (Å²) in [5.74, 6) is 2.40. The number of rotatable bonds is 7. The van der Waals surface area contributed by atoms with Crippen molar-refractivity contribution in [2.45, 2.75) is 19.4 Å². The maximum Gasteiger partial charge on any atom is 0.298 e. The zero-order chi connectivity index (χ0) is 20.5. The number of hydrogen-bond acceptors (Lipinski definition) is 8. The van der Waals surface area contributed by atoms with Crippen molar-refractivity contribution < 1.29 is 14.3 Å². The minimum absolute atomic E-state index is 0.190. The van der Waals surface area contributed by atoms with Crippen LogP contribution in [0.5, 0.6) is 11.5 Å². The van der Waals surface area contributed by atoms with Crippen LogP contribution in [0.3, 0.4) is 0 Å². The Bertz CT molecular complexity index is 1000. The van der Waals surface area contributed by atoms with Crippen LogP contribution >= 0.6 is 11.3 Å². The second-order valence-electron chi connectivity index (χ2n) is 7.10. The van der Waals surface area contributed by atoms with Crippen LogP contribution < -0.4 is 14.4 Å². The van der Waals surface area contributed by atoms with Crippen molar-refractivity contribution in [2.75, 3.05) is 46.3 Å². The Hall–Kier alpha value is -2.72. The van der Waals surface area contributed by atoms with Gasteiger partial charge < -0.3 is 18.9 Å². The van der Waals surface area contributed by atoms with E-state index in [-0.39, 0.29) is 5.91 Å². The Morgan fingerprint density at radius 3 is 2.66 bits per heavy atom. The van der Waals surface area contributed by atoms with Crippen molar-refractivity contribution in [3.8, 4) is 11.5 Å². The minimum atomic E-state index is -0.190. The van der Waals surface area contributed by atoms with Crippen LogP contribution in [0.1, 0.15) is 22.9 Å². The first-order chi connectivity index (χ1) is 14.0. The number of fused-ring (bicyclic) bond motifs is 2. The number of benzene rings is 1. The summed E-state index contributed by atoms with van der Waals surface area (Å²) in [4.78, 5) is 21.9. The molecule has 0 N–H and O–H groups in total. The molecule has 0 fully saturated rings. The first kappa shape index (κ1) is 19.6. The molecule has 3 heterocycles. The van der Waals surface area contributed by atoms with Gasteiger partial charge in [-0.05, 0) is 32.6 Å². The lowest BCUT2D eigenvalue weighted by Crippen LogP contribution is -2.38. The van der Waals surface area contributed by atoms with E-state index in [1.807, 2.05) is 35.7 Å². The average Bonchev–Trinajstić information content (AvgIpc) is 3.42. The van der Waals surface area contributed by atoms with Crippen molar-refractivity contribution in [3.05, 3.63) is 23.8 Å². The van der Waals surface area contributed by atoms with Crippen molar-refractivity contribution in [3.63, 3.8) is 0 Å². The molecule has 29 heavy (non-hydrogen) atoms. The van der Waals surface area contributed by atoms with E-state index < -0.39 is 0 Å². The maximum atomic E-state index is 13.5. The van der Waals surface area contributed by atoms with Gasteiger partial charge in [-0.2, -0.15) is 0 Å². The number of carbonyl (C=O) groups is 1. The van der Waals surface area contributed by atoms with Crippen LogP contribution in [0.4, 0.5) is 5.13 Å². The number of likely N-dealkylation sites (N-methyl/N-ethyl adjacent to an activating group) is 1. The lowest BCUT2D eigenvalue weighted by molar-refractivity contribution is 0.0971. The van der Waals surface area contributed by atoms with Gasteiger partial charge in [0.1, 0.15) is 27.5 Å². The highest BCUT2D eigenvalue weighted by Gasteiger charge is 2.29. The molecule has 0 atom stereocenters. The van der Waals surface area contributed by atoms with E-state index in [2.05, 4.69) is 10.2 Å². The fraction of sp³-hybridized carbons (Fsp3) is 0.474. The lowest BCUT2D eigenvalue weighted by atomic mass is 10.3. The summed E-state index contributed by atoms with van der Waals surface area (Å²) < 4.78 is 13.7. The molecule has 0 radical (unpaired) electrons. The van der Waals surface area contributed by atoms with Gasteiger partial charge in [0.05, 0.1) is 14.2 Å². The Labute approximate surface area is 172 Å². The van der Waals surface area contributed by atoms with E-state index >= 15 is 0 Å². The number of ether oxygens (including phenoxy) is 2. The molecular formula is C19H24N6O3S. The van der Waals surface area contributed by atoms with Crippen LogP contribution in [0.2, 0.25) is 0 Å². The summed E-state index contributed by atoms with van der Waals surface area (Å²) >= 11 is 1.41. The standard InChI is InChI=1S/C19H24N6O3S/c1-23(2)10-11-25(18(26)17-22-21-14-6-5-9-24(14)17)19-20-15-12(27-3)7-8-13(28-4)16(15)29-19/h7-8H,5-6,9-11H2,1-4H3. The van der Waals surface area contributed by atoms with Crippen LogP contribution in [0.15, 0.2) is 12.1 Å². The van der Waals surface area contributed by atoms with E-state index in [0.717, 1.165) is 29.9 Å². The lowest BCUT2D eigenvalue weighted by Gasteiger charge is -2.21. The molecule has 3 aromatic rings. The number of hydrogen-bond donors (Lipinski definition) is 0. The first-order valence-corrected chi connectivity index (χ1v) is 10.2. The van der Waals surface area contributed by atoms with Gasteiger partial charge in [-0.25, -0.2) is 4.98 Å². The quantitative estimate of drug-likeness (QED) is 0.583. The van der Waals surface area contributed by atoms with Gasteiger partial charge in [0, 0.05) is 26.1 Å². The van der Waals surface area contributed by atoms with Crippen LogP contribution in [0, 0.1) is 0 Å². The third-order valence-electron chi connectivity index (χ3n) is 4.95. The van der Waals surface area contributed by atoms with Gasteiger partial charge in [-0.1, -0.05) is 11.3 Å². The minimum Gasteiger partial charge on any atom is -0.495 e. The van der Waals surface area contributed by atoms with E-state index in [9.17, 15) is 4.79 Å². The van der Waals surface area contributed by atoms with Crippen LogP contribution in [-0.4, -0.2) is 72.0 Å². The van der Waals surface area contributed by atoms with Crippen LogP contribution in [0.25, 0.3) is 10.2 Å². The van der Waals surface area contributed by atoms with Gasteiger partial charge in [0.2, 0.25) is 5.82 Å². The van der Waals surface area contributed by atoms with E-state index in [4.69, 9.17) is 14.5 Å². The van der Waals surface area contributed by atoms with Crippen LogP contribution in [-0.2, 0) is 13.0 Å². The molecule has 4 rings (SSSR count). The fourth-order valence-corrected chi connectivity index (χ4v) is 4.50. The molecule has 2 aromatic heterocycles. The van der Waals surface area contributed by atoms with Gasteiger partial charge in [0.25, 0.3) is 5.91 Å². The van der Waals surface area contributed by atoms with Gasteiger partial charge in [-0.15, -0.1) is 10.2 Å². The number of amides is 1. The number of thiazole rings is 1. The van der Waals surface area contributed by atoms with Crippen molar-refractivity contribution in [1.82, 2.24) is 24.6 Å². The fourth-order valence-electron chi connectivity index (χ4n) is 3.40. The normalized spacial score (nSPS) is 13.1. The molecule has 154 valence electrons. The van der Waals surface area contributed by atoms with Gasteiger partial charge in [-0.3, -0.25) is 9.69 Å². The Morgan fingerprint density at radius 1 is 1.17 bits per heavy atom. The number of carbonyl (C=O) groups excluding carboxylic acids is 1. The summed E-state index contributed by atoms with van der Waals surface area (Å²) in [7, 11) is 7.17. The zero-order valence-electron chi connectivity index (χ0n) is 17.0. The smallest absolute Gasteiger partial charge is 0.298 e. The monoisotopic (exact) mass is 416 g/mol. The van der Waals surface area contributed by atoms with Crippen molar-refractivity contribution >= 4 is 32.6 Å². The number of methoxy groups -OCH3 is 2. The summed E-state index contributed by atoms with van der Waals surface area (Å²) in [6.07, 6.45) is 1.84. The third kappa shape index (κ3) is 3.53. The topological polar surface area (TPSA) is 85.6 Å². The Morgan fingerprint density at radius 2 is 1.93 bits per heavy atom. The number of aromatic nitrogens is 4. The highest BCUT2D eigenvalue weighted by Crippen LogP contribution is 2.40. The second kappa shape index (κ2) is 7.96. The van der Waals surface area contributed by atoms with Crippen molar-refractivity contribution in [1.29, 1.82) is 0 Å². The van der Waals surface area contributed by atoms with Gasteiger partial charge in [0.15, 0.2) is 5.13 Å². The Kier molecular flexibility index (Phi) is 5.37. The molecule has 9 nitrogen and oxygen atoms in total. The van der Waals surface area contributed by atoms with Crippen molar-refractivity contribution in [2.24, 2.45) is 0 Å². The average molecular weight is 417 g/mol. The summed E-state index contributed by atoms with van der Waals surface area (Å²) in [5.41, 5.74) is 0.681.